The van der Waals surface area contributed by atoms with Gasteiger partial charge >= 0.3 is 0 Å². The number of aromatic nitrogens is 2. The summed E-state index contributed by atoms with van der Waals surface area (Å²) >= 11 is 0. The number of hydrogen-bond acceptors (Lipinski definition) is 3. The van der Waals surface area contributed by atoms with E-state index in [9.17, 15) is 0 Å². The summed E-state index contributed by atoms with van der Waals surface area (Å²) in [7, 11) is 0. The highest BCUT2D eigenvalue weighted by molar-refractivity contribution is 5.89. The molecule has 0 fully saturated rings. The van der Waals surface area contributed by atoms with Gasteiger partial charge in [-0.1, -0.05) is 5.92 Å². The van der Waals surface area contributed by atoms with Gasteiger partial charge < -0.3 is 5.73 Å². The van der Waals surface area contributed by atoms with Gasteiger partial charge in [0.2, 0.25) is 0 Å². The van der Waals surface area contributed by atoms with E-state index in [2.05, 4.69) is 22.0 Å². The Morgan fingerprint density at radius 2 is 2.29 bits per heavy atom. The third kappa shape index (κ3) is 1.26. The number of nitrogens with one attached hydrogen (secondary N) is 1. The van der Waals surface area contributed by atoms with Gasteiger partial charge in [-0.05, 0) is 18.2 Å². The Morgan fingerprint density at radius 1 is 1.43 bits per heavy atom. The Hall–Kier alpha value is -2.46. The molecule has 0 aliphatic carbocycles. The first kappa shape index (κ1) is 8.15. The standard InChI is InChI=1S/C10H6N4/c11-5-1-2-7-3-4-8-9(6-7)13-14-10(8)12/h3-4,6H,(H3,12,13,14). The predicted octanol–water partition coefficient (Wildman–Crippen LogP) is 1.02. The zero-order valence-corrected chi connectivity index (χ0v) is 7.20. The van der Waals surface area contributed by atoms with Crippen LogP contribution >= 0.6 is 0 Å². The number of fused-ring (bicyclic) bond motifs is 1. The summed E-state index contributed by atoms with van der Waals surface area (Å²) < 4.78 is 0. The number of rotatable bonds is 0. The molecule has 0 spiro atoms. The van der Waals surface area contributed by atoms with Crippen LogP contribution in [-0.2, 0) is 0 Å². The summed E-state index contributed by atoms with van der Waals surface area (Å²) in [5, 5.41) is 15.8. The summed E-state index contributed by atoms with van der Waals surface area (Å²) in [6, 6.07) is 7.20. The average molecular weight is 182 g/mol. The lowest BCUT2D eigenvalue weighted by Gasteiger charge is -1.90. The van der Waals surface area contributed by atoms with Crippen molar-refractivity contribution in [1.29, 1.82) is 5.26 Å². The van der Waals surface area contributed by atoms with Crippen molar-refractivity contribution in [2.24, 2.45) is 0 Å². The third-order valence-electron chi connectivity index (χ3n) is 1.86. The second-order valence-corrected chi connectivity index (χ2v) is 2.73. The van der Waals surface area contributed by atoms with Gasteiger partial charge in [0.25, 0.3) is 0 Å². The molecule has 0 bridgehead atoms. The summed E-state index contributed by atoms with van der Waals surface area (Å²) in [5.41, 5.74) is 7.19. The molecule has 4 nitrogen and oxygen atoms in total. The maximum absolute atomic E-state index is 8.28. The van der Waals surface area contributed by atoms with Gasteiger partial charge in [-0.2, -0.15) is 10.4 Å². The molecule has 0 unspecified atom stereocenters. The monoisotopic (exact) mass is 182 g/mol. The van der Waals surface area contributed by atoms with Crippen LogP contribution in [0.15, 0.2) is 18.2 Å². The van der Waals surface area contributed by atoms with Gasteiger partial charge in [0, 0.05) is 16.9 Å². The number of anilines is 1. The molecule has 0 aliphatic heterocycles. The number of benzene rings is 1. The van der Waals surface area contributed by atoms with Crippen molar-refractivity contribution in [2.75, 3.05) is 5.73 Å². The van der Waals surface area contributed by atoms with Crippen LogP contribution in [0, 0.1) is 23.2 Å². The number of nitrogens with two attached hydrogens (primary N) is 1. The molecule has 0 atom stereocenters. The Morgan fingerprint density at radius 3 is 3.07 bits per heavy atom. The van der Waals surface area contributed by atoms with E-state index in [1.165, 1.54) is 0 Å². The molecule has 66 valence electrons. The SMILES string of the molecule is N#CC#Cc1ccc2c(N)n[nH]c2c1. The maximum Gasteiger partial charge on any atom is 0.153 e. The lowest BCUT2D eigenvalue weighted by atomic mass is 10.1. The van der Waals surface area contributed by atoms with Crippen LogP contribution in [0.3, 0.4) is 0 Å². The summed E-state index contributed by atoms with van der Waals surface area (Å²) in [6.07, 6.45) is 0. The zero-order valence-electron chi connectivity index (χ0n) is 7.20. The quantitative estimate of drug-likeness (QED) is 0.597. The van der Waals surface area contributed by atoms with Gasteiger partial charge in [-0.25, -0.2) is 0 Å². The van der Waals surface area contributed by atoms with Gasteiger partial charge in [0.1, 0.15) is 0 Å². The first-order chi connectivity index (χ1) is 6.81. The summed E-state index contributed by atoms with van der Waals surface area (Å²) in [5.74, 6) is 5.49. The van der Waals surface area contributed by atoms with Gasteiger partial charge in [0.05, 0.1) is 5.52 Å². The number of nitrogen functional groups attached to an aromatic ring is 1. The van der Waals surface area contributed by atoms with Crippen LogP contribution in [0.2, 0.25) is 0 Å². The van der Waals surface area contributed by atoms with E-state index in [4.69, 9.17) is 11.0 Å². The molecule has 0 aliphatic rings. The van der Waals surface area contributed by atoms with E-state index in [1.807, 2.05) is 12.1 Å². The number of hydrogen-bond donors (Lipinski definition) is 2. The second-order valence-electron chi connectivity index (χ2n) is 2.73. The van der Waals surface area contributed by atoms with Crippen LogP contribution in [0.25, 0.3) is 10.9 Å². The Balaban J connectivity index is 2.59. The fourth-order valence-corrected chi connectivity index (χ4v) is 1.22. The van der Waals surface area contributed by atoms with Crippen LogP contribution in [0.4, 0.5) is 5.82 Å². The van der Waals surface area contributed by atoms with Crippen molar-refractivity contribution in [1.82, 2.24) is 10.2 Å². The van der Waals surface area contributed by atoms with Crippen molar-refractivity contribution in [3.05, 3.63) is 23.8 Å². The lowest BCUT2D eigenvalue weighted by Crippen LogP contribution is -1.83. The van der Waals surface area contributed by atoms with Crippen LogP contribution in [0.1, 0.15) is 5.56 Å². The lowest BCUT2D eigenvalue weighted by molar-refractivity contribution is 1.13. The molecule has 0 radical (unpaired) electrons. The van der Waals surface area contributed by atoms with Crippen molar-refractivity contribution in [3.8, 4) is 17.9 Å². The minimum atomic E-state index is 0.472. The van der Waals surface area contributed by atoms with Crippen LogP contribution in [-0.4, -0.2) is 10.2 Å². The molecule has 14 heavy (non-hydrogen) atoms. The Labute approximate surface area is 80.3 Å². The van der Waals surface area contributed by atoms with Crippen LogP contribution < -0.4 is 5.73 Å². The second kappa shape index (κ2) is 3.12. The maximum atomic E-state index is 8.28. The predicted molar refractivity (Wildman–Crippen MR) is 53.0 cm³/mol. The van der Waals surface area contributed by atoms with Crippen LogP contribution in [0.5, 0.6) is 0 Å². The van der Waals surface area contributed by atoms with E-state index in [0.717, 1.165) is 16.5 Å². The van der Waals surface area contributed by atoms with Gasteiger partial charge in [0.15, 0.2) is 11.9 Å². The van der Waals surface area contributed by atoms with Crippen molar-refractivity contribution >= 4 is 16.7 Å². The van der Waals surface area contributed by atoms with Gasteiger partial charge in [-0.3, -0.25) is 5.10 Å². The van der Waals surface area contributed by atoms with Crippen molar-refractivity contribution < 1.29 is 0 Å². The first-order valence-electron chi connectivity index (χ1n) is 3.95. The number of nitriles is 1. The van der Waals surface area contributed by atoms with Gasteiger partial charge in [-0.15, -0.1) is 0 Å². The molecule has 2 rings (SSSR count). The average Bonchev–Trinajstić information content (AvgIpc) is 2.57. The van der Waals surface area contributed by atoms with E-state index in [0.29, 0.717) is 5.82 Å². The van der Waals surface area contributed by atoms with E-state index >= 15 is 0 Å². The normalized spacial score (nSPS) is 9.07. The molecule has 2 aromatic rings. The first-order valence-corrected chi connectivity index (χ1v) is 3.95. The third-order valence-corrected chi connectivity index (χ3v) is 1.86. The fraction of sp³-hybridized carbons (Fsp3) is 0. The molecular formula is C10H6N4. The number of aromatic amines is 1. The highest BCUT2D eigenvalue weighted by Crippen LogP contribution is 2.18. The highest BCUT2D eigenvalue weighted by Gasteiger charge is 2.00. The van der Waals surface area contributed by atoms with Crippen molar-refractivity contribution in [3.63, 3.8) is 0 Å². The van der Waals surface area contributed by atoms with E-state index in [1.54, 1.807) is 12.1 Å². The molecule has 1 heterocycles. The zero-order chi connectivity index (χ0) is 9.97. The van der Waals surface area contributed by atoms with E-state index in [-0.39, 0.29) is 0 Å². The fourth-order valence-electron chi connectivity index (χ4n) is 1.22. The molecule has 1 aromatic heterocycles. The molecular weight excluding hydrogens is 176 g/mol. The summed E-state index contributed by atoms with van der Waals surface area (Å²) in [6.45, 7) is 0. The molecule has 4 heteroatoms. The smallest absolute Gasteiger partial charge is 0.153 e. The van der Waals surface area contributed by atoms with Crippen molar-refractivity contribution in [2.45, 2.75) is 0 Å². The molecule has 3 N–H and O–H groups in total. The summed E-state index contributed by atoms with van der Waals surface area (Å²) in [4.78, 5) is 0. The van der Waals surface area contributed by atoms with E-state index < -0.39 is 0 Å². The minimum absolute atomic E-state index is 0.472. The largest absolute Gasteiger partial charge is 0.382 e. The number of nitrogens with zero attached hydrogens (tertiary/aromatic N) is 2. The topological polar surface area (TPSA) is 78.5 Å². The molecule has 1 aromatic carbocycles. The Kier molecular flexibility index (Phi) is 1.82. The Bertz CT molecular complexity index is 577. The molecule has 0 saturated heterocycles. The highest BCUT2D eigenvalue weighted by atomic mass is 15.1. The number of H-pyrrole nitrogens is 1. The minimum Gasteiger partial charge on any atom is -0.382 e. The molecule has 0 saturated carbocycles. The molecule has 0 amide bonds.